The molecule has 2 fully saturated rings. The van der Waals surface area contributed by atoms with Gasteiger partial charge in [-0.3, -0.25) is 9.80 Å². The molecule has 6 rings (SSSR count). The Morgan fingerprint density at radius 1 is 1.11 bits per heavy atom. The molecule has 0 aromatic carbocycles. The van der Waals surface area contributed by atoms with Crippen molar-refractivity contribution < 1.29 is 14.3 Å². The molecule has 10 heteroatoms. The number of aryl methyl sites for hydroxylation is 2. The van der Waals surface area contributed by atoms with Crippen molar-refractivity contribution in [1.29, 1.82) is 0 Å². The summed E-state index contributed by atoms with van der Waals surface area (Å²) in [6, 6.07) is 5.79. The quantitative estimate of drug-likeness (QED) is 0.537. The summed E-state index contributed by atoms with van der Waals surface area (Å²) in [5.41, 5.74) is 5.07. The Labute approximate surface area is 222 Å². The number of amides is 3. The van der Waals surface area contributed by atoms with E-state index < -0.39 is 5.60 Å². The minimum Gasteiger partial charge on any atom is -0.444 e. The molecule has 1 N–H and O–H groups in total. The Bertz CT molecular complexity index is 1440. The summed E-state index contributed by atoms with van der Waals surface area (Å²) in [5, 5.41) is 7.54. The Morgan fingerprint density at radius 2 is 1.89 bits per heavy atom. The van der Waals surface area contributed by atoms with Crippen LogP contribution in [0.15, 0.2) is 30.6 Å². The summed E-state index contributed by atoms with van der Waals surface area (Å²) in [6.45, 7) is 12.3. The Hall–Kier alpha value is -3.82. The zero-order valence-corrected chi connectivity index (χ0v) is 22.7. The second-order valence-corrected chi connectivity index (χ2v) is 11.8. The molecule has 0 unspecified atom stereocenters. The number of urea groups is 1. The average Bonchev–Trinajstić information content (AvgIpc) is 3.29. The summed E-state index contributed by atoms with van der Waals surface area (Å²) in [4.78, 5) is 36.9. The molecule has 3 aromatic heterocycles. The molecule has 1 spiro atoms. The van der Waals surface area contributed by atoms with Crippen LogP contribution in [0.1, 0.15) is 50.4 Å². The molecule has 5 heterocycles. The van der Waals surface area contributed by atoms with Gasteiger partial charge in [0.2, 0.25) is 0 Å². The van der Waals surface area contributed by atoms with Crippen molar-refractivity contribution in [3.63, 3.8) is 0 Å². The van der Waals surface area contributed by atoms with E-state index in [0.29, 0.717) is 25.5 Å². The molecular weight excluding hydrogens is 482 g/mol. The standard InChI is InChI=1S/C28H35N7O3/c1-18-16-35-20(14-19(2)31-35)15-22(18)30-25(36)33-11-7-21-23(6-10-29-24(21)33)32-12-13-34(28(17-32)8-9-28)26(37)38-27(3,4)5/h6,10,14-16H,7-9,11-13,17H2,1-5H3,(H,30,36). The van der Waals surface area contributed by atoms with Gasteiger partial charge in [0, 0.05) is 55.5 Å². The summed E-state index contributed by atoms with van der Waals surface area (Å²) >= 11 is 0. The SMILES string of the molecule is Cc1cc2cc(NC(=O)N3CCc4c(N5CCN(C(=O)OC(C)(C)C)C6(CC6)C5)ccnc43)c(C)cn2n1. The van der Waals surface area contributed by atoms with E-state index in [1.807, 2.05) is 68.4 Å². The van der Waals surface area contributed by atoms with E-state index in [0.717, 1.165) is 59.5 Å². The second kappa shape index (κ2) is 8.61. The van der Waals surface area contributed by atoms with E-state index in [4.69, 9.17) is 4.74 Å². The topological polar surface area (TPSA) is 95.3 Å². The highest BCUT2D eigenvalue weighted by Gasteiger charge is 2.54. The first-order valence-corrected chi connectivity index (χ1v) is 13.3. The first-order valence-electron chi connectivity index (χ1n) is 13.3. The highest BCUT2D eigenvalue weighted by Crippen LogP contribution is 2.47. The molecule has 200 valence electrons. The zero-order valence-electron chi connectivity index (χ0n) is 22.7. The summed E-state index contributed by atoms with van der Waals surface area (Å²) < 4.78 is 7.52. The maximum absolute atomic E-state index is 13.4. The maximum Gasteiger partial charge on any atom is 0.410 e. The maximum atomic E-state index is 13.4. The molecule has 38 heavy (non-hydrogen) atoms. The Balaban J connectivity index is 1.20. The number of rotatable bonds is 2. The highest BCUT2D eigenvalue weighted by molar-refractivity contribution is 6.03. The van der Waals surface area contributed by atoms with Gasteiger partial charge >= 0.3 is 12.1 Å². The van der Waals surface area contributed by atoms with E-state index in [2.05, 4.69) is 20.3 Å². The van der Waals surface area contributed by atoms with Gasteiger partial charge in [-0.25, -0.2) is 19.1 Å². The lowest BCUT2D eigenvalue weighted by atomic mass is 10.1. The molecule has 1 aliphatic carbocycles. The minimum absolute atomic E-state index is 0.172. The molecule has 0 atom stereocenters. The van der Waals surface area contributed by atoms with E-state index in [-0.39, 0.29) is 17.7 Å². The molecule has 0 bridgehead atoms. The number of ether oxygens (including phenoxy) is 1. The van der Waals surface area contributed by atoms with Crippen LogP contribution in [-0.2, 0) is 11.2 Å². The molecule has 3 aliphatic rings. The predicted molar refractivity (Wildman–Crippen MR) is 146 cm³/mol. The van der Waals surface area contributed by atoms with Gasteiger partial charge in [0.25, 0.3) is 0 Å². The predicted octanol–water partition coefficient (Wildman–Crippen LogP) is 4.53. The summed E-state index contributed by atoms with van der Waals surface area (Å²) in [7, 11) is 0. The van der Waals surface area contributed by atoms with Gasteiger partial charge in [0.15, 0.2) is 0 Å². The lowest BCUT2D eigenvalue weighted by Gasteiger charge is -2.43. The van der Waals surface area contributed by atoms with Crippen LogP contribution in [0.3, 0.4) is 0 Å². The van der Waals surface area contributed by atoms with Crippen molar-refractivity contribution in [3.05, 3.63) is 47.4 Å². The van der Waals surface area contributed by atoms with Crippen molar-refractivity contribution in [2.24, 2.45) is 0 Å². The van der Waals surface area contributed by atoms with Gasteiger partial charge in [0.1, 0.15) is 11.4 Å². The van der Waals surface area contributed by atoms with Crippen molar-refractivity contribution in [2.75, 3.05) is 41.3 Å². The number of nitrogens with zero attached hydrogens (tertiary/aromatic N) is 6. The molecule has 3 aromatic rings. The number of anilines is 3. The number of hydrogen-bond acceptors (Lipinski definition) is 6. The average molecular weight is 518 g/mol. The number of hydrogen-bond donors (Lipinski definition) is 1. The van der Waals surface area contributed by atoms with Gasteiger partial charge in [-0.15, -0.1) is 0 Å². The monoisotopic (exact) mass is 517 g/mol. The van der Waals surface area contributed by atoms with Crippen LogP contribution >= 0.6 is 0 Å². The smallest absolute Gasteiger partial charge is 0.410 e. The van der Waals surface area contributed by atoms with Gasteiger partial charge in [0.05, 0.1) is 16.7 Å². The van der Waals surface area contributed by atoms with Crippen molar-refractivity contribution in [2.45, 2.75) is 65.0 Å². The summed E-state index contributed by atoms with van der Waals surface area (Å²) in [6.07, 6.45) is 6.18. The van der Waals surface area contributed by atoms with E-state index in [1.165, 1.54) is 0 Å². The van der Waals surface area contributed by atoms with Crippen LogP contribution in [0.25, 0.3) is 5.52 Å². The molecular formula is C28H35N7O3. The third-order valence-electron chi connectivity index (χ3n) is 7.69. The number of aromatic nitrogens is 3. The first-order chi connectivity index (χ1) is 18.0. The second-order valence-electron chi connectivity index (χ2n) is 11.8. The summed E-state index contributed by atoms with van der Waals surface area (Å²) in [5.74, 6) is 0.707. The number of fused-ring (bicyclic) bond motifs is 2. The zero-order chi connectivity index (χ0) is 26.8. The van der Waals surface area contributed by atoms with Gasteiger partial charge < -0.3 is 15.0 Å². The van der Waals surface area contributed by atoms with Gasteiger partial charge in [-0.05, 0) is 77.6 Å². The minimum atomic E-state index is -0.512. The highest BCUT2D eigenvalue weighted by atomic mass is 16.6. The van der Waals surface area contributed by atoms with Crippen LogP contribution in [0.2, 0.25) is 0 Å². The largest absolute Gasteiger partial charge is 0.444 e. The van der Waals surface area contributed by atoms with Gasteiger partial charge in [-0.1, -0.05) is 0 Å². The lowest BCUT2D eigenvalue weighted by molar-refractivity contribution is 0.0106. The van der Waals surface area contributed by atoms with Crippen LogP contribution in [0.4, 0.5) is 26.8 Å². The van der Waals surface area contributed by atoms with E-state index in [1.54, 1.807) is 11.1 Å². The molecule has 3 amide bonds. The molecule has 10 nitrogen and oxygen atoms in total. The number of pyridine rings is 2. The Kier molecular flexibility index (Phi) is 5.55. The van der Waals surface area contributed by atoms with Crippen LogP contribution in [0, 0.1) is 13.8 Å². The number of carbonyl (C=O) groups is 2. The molecule has 1 saturated heterocycles. The van der Waals surface area contributed by atoms with Crippen molar-refractivity contribution >= 4 is 34.8 Å². The van der Waals surface area contributed by atoms with Crippen molar-refractivity contribution in [3.8, 4) is 0 Å². The Morgan fingerprint density at radius 3 is 2.63 bits per heavy atom. The first kappa shape index (κ1) is 24.5. The fourth-order valence-corrected chi connectivity index (χ4v) is 5.70. The number of carbonyl (C=O) groups excluding carboxylic acids is 2. The van der Waals surface area contributed by atoms with E-state index in [9.17, 15) is 9.59 Å². The normalized spacial score (nSPS) is 18.2. The fraction of sp³-hybridized carbons (Fsp3) is 0.500. The molecule has 1 saturated carbocycles. The van der Waals surface area contributed by atoms with Crippen LogP contribution in [-0.4, -0.2) is 68.9 Å². The molecule has 0 radical (unpaired) electrons. The number of nitrogens with one attached hydrogen (secondary N) is 1. The third-order valence-corrected chi connectivity index (χ3v) is 7.69. The fourth-order valence-electron chi connectivity index (χ4n) is 5.70. The van der Waals surface area contributed by atoms with Crippen molar-refractivity contribution in [1.82, 2.24) is 19.5 Å². The van der Waals surface area contributed by atoms with Crippen LogP contribution in [0.5, 0.6) is 0 Å². The van der Waals surface area contributed by atoms with E-state index >= 15 is 0 Å². The third kappa shape index (κ3) is 4.31. The molecule has 2 aliphatic heterocycles. The van der Waals surface area contributed by atoms with Gasteiger partial charge in [-0.2, -0.15) is 5.10 Å². The van der Waals surface area contributed by atoms with Crippen LogP contribution < -0.4 is 15.1 Å². The lowest BCUT2D eigenvalue weighted by Crippen LogP contribution is -2.58. The number of piperazine rings is 1.